The van der Waals surface area contributed by atoms with Crippen molar-refractivity contribution >= 4 is 18.5 Å². The largest absolute Gasteiger partial charge is 0.508 e. The standard InChI is InChI=1S/C24H31N3O2S/c1-7-26-11-10-24(5)14-17(8-9-22(24)26)27(16(4)30)23(25-6)19-12-18(15(2)3)20(28)13-21(19)29/h8-15,22,28-30H,4,7H2,1-3,5-6H3. The summed E-state index contributed by atoms with van der Waals surface area (Å²) in [6, 6.07) is 3.42. The van der Waals surface area contributed by atoms with Crippen molar-refractivity contribution in [1.82, 2.24) is 9.80 Å². The van der Waals surface area contributed by atoms with E-state index in [-0.39, 0.29) is 28.9 Å². The van der Waals surface area contributed by atoms with Crippen LogP contribution in [0.5, 0.6) is 11.5 Å². The molecule has 160 valence electrons. The zero-order valence-corrected chi connectivity index (χ0v) is 19.2. The quantitative estimate of drug-likeness (QED) is 0.354. The fraction of sp³-hybridized carbons (Fsp3) is 0.375. The Morgan fingerprint density at radius 1 is 1.33 bits per heavy atom. The number of fused-ring (bicyclic) bond motifs is 1. The molecule has 1 aliphatic carbocycles. The molecule has 0 saturated carbocycles. The summed E-state index contributed by atoms with van der Waals surface area (Å²) in [6.07, 6.45) is 10.8. The van der Waals surface area contributed by atoms with E-state index in [2.05, 4.69) is 73.5 Å². The Labute approximate surface area is 184 Å². The Balaban J connectivity index is 2.09. The molecule has 0 amide bonds. The number of hydrogen-bond donors (Lipinski definition) is 3. The summed E-state index contributed by atoms with van der Waals surface area (Å²) < 4.78 is 0. The molecule has 0 saturated heterocycles. The van der Waals surface area contributed by atoms with E-state index in [0.29, 0.717) is 16.4 Å². The predicted molar refractivity (Wildman–Crippen MR) is 127 cm³/mol. The number of thiol groups is 1. The minimum Gasteiger partial charge on any atom is -0.508 e. The summed E-state index contributed by atoms with van der Waals surface area (Å²) in [4.78, 5) is 8.61. The number of nitrogens with zero attached hydrogens (tertiary/aromatic N) is 3. The van der Waals surface area contributed by atoms with Gasteiger partial charge in [-0.05, 0) is 42.8 Å². The first-order valence-corrected chi connectivity index (χ1v) is 10.6. The van der Waals surface area contributed by atoms with E-state index >= 15 is 0 Å². The topological polar surface area (TPSA) is 59.3 Å². The molecular weight excluding hydrogens is 394 g/mol. The van der Waals surface area contributed by atoms with Crippen LogP contribution in [0, 0.1) is 5.41 Å². The normalized spacial score (nSPS) is 23.0. The van der Waals surface area contributed by atoms with Crippen molar-refractivity contribution in [2.45, 2.75) is 39.7 Å². The fourth-order valence-electron chi connectivity index (χ4n) is 4.22. The molecule has 1 heterocycles. The molecule has 6 heteroatoms. The van der Waals surface area contributed by atoms with Crippen LogP contribution < -0.4 is 0 Å². The van der Waals surface area contributed by atoms with Crippen LogP contribution in [0.4, 0.5) is 0 Å². The Kier molecular flexibility index (Phi) is 6.09. The van der Waals surface area contributed by atoms with Gasteiger partial charge in [0.15, 0.2) is 0 Å². The molecule has 0 spiro atoms. The maximum Gasteiger partial charge on any atom is 0.143 e. The Morgan fingerprint density at radius 2 is 2.03 bits per heavy atom. The smallest absolute Gasteiger partial charge is 0.143 e. The third-order valence-electron chi connectivity index (χ3n) is 5.84. The van der Waals surface area contributed by atoms with Crippen LogP contribution in [-0.2, 0) is 0 Å². The highest BCUT2D eigenvalue weighted by molar-refractivity contribution is 7.84. The van der Waals surface area contributed by atoms with Crippen LogP contribution in [0.15, 0.2) is 64.9 Å². The second-order valence-corrected chi connectivity index (χ2v) is 8.78. The minimum absolute atomic E-state index is 0.0421. The van der Waals surface area contributed by atoms with Crippen molar-refractivity contribution in [2.75, 3.05) is 13.6 Å². The van der Waals surface area contributed by atoms with Crippen molar-refractivity contribution in [3.63, 3.8) is 0 Å². The van der Waals surface area contributed by atoms with E-state index < -0.39 is 0 Å². The SMILES string of the molecule is C=C(S)N(C1=CC2(C)C=CN(CC)C2C=C1)C(=NC)c1cc(C(C)C)c(O)cc1O. The molecule has 0 fully saturated rings. The van der Waals surface area contributed by atoms with Gasteiger partial charge in [-0.3, -0.25) is 9.89 Å². The summed E-state index contributed by atoms with van der Waals surface area (Å²) in [5.41, 5.74) is 1.98. The summed E-state index contributed by atoms with van der Waals surface area (Å²) in [6.45, 7) is 13.3. The van der Waals surface area contributed by atoms with Gasteiger partial charge in [0.05, 0.1) is 16.6 Å². The van der Waals surface area contributed by atoms with Gasteiger partial charge < -0.3 is 15.1 Å². The van der Waals surface area contributed by atoms with Gasteiger partial charge in [-0.1, -0.05) is 39.5 Å². The molecule has 0 aromatic heterocycles. The predicted octanol–water partition coefficient (Wildman–Crippen LogP) is 4.98. The highest BCUT2D eigenvalue weighted by atomic mass is 32.1. The van der Waals surface area contributed by atoms with Gasteiger partial charge in [0.25, 0.3) is 0 Å². The van der Waals surface area contributed by atoms with Gasteiger partial charge in [-0.25, -0.2) is 0 Å². The van der Waals surface area contributed by atoms with Gasteiger partial charge in [0.1, 0.15) is 17.3 Å². The highest BCUT2D eigenvalue weighted by Crippen LogP contribution is 2.42. The summed E-state index contributed by atoms with van der Waals surface area (Å²) in [7, 11) is 1.67. The molecular formula is C24H31N3O2S. The molecule has 2 aliphatic rings. The molecule has 0 bridgehead atoms. The van der Waals surface area contributed by atoms with Crippen LogP contribution in [0.1, 0.15) is 44.7 Å². The van der Waals surface area contributed by atoms with Gasteiger partial charge in [0.2, 0.25) is 0 Å². The number of phenolic OH excluding ortho intramolecular Hbond substituents is 2. The molecule has 3 rings (SSSR count). The molecule has 2 atom stereocenters. The first-order valence-electron chi connectivity index (χ1n) is 10.2. The number of hydrogen-bond acceptors (Lipinski definition) is 5. The third-order valence-corrected chi connectivity index (χ3v) is 6.04. The van der Waals surface area contributed by atoms with E-state index in [9.17, 15) is 10.2 Å². The van der Waals surface area contributed by atoms with Crippen LogP contribution in [0.25, 0.3) is 0 Å². The molecule has 2 unspecified atom stereocenters. The average molecular weight is 426 g/mol. The second-order valence-electron chi connectivity index (χ2n) is 8.27. The van der Waals surface area contributed by atoms with Crippen LogP contribution >= 0.6 is 12.6 Å². The van der Waals surface area contributed by atoms with Gasteiger partial charge in [-0.2, -0.15) is 0 Å². The maximum atomic E-state index is 10.6. The Bertz CT molecular complexity index is 977. The number of benzene rings is 1. The van der Waals surface area contributed by atoms with Gasteiger partial charge in [-0.15, -0.1) is 12.6 Å². The number of likely N-dealkylation sites (N-methyl/N-ethyl adjacent to an activating group) is 1. The lowest BCUT2D eigenvalue weighted by atomic mass is 9.79. The molecule has 5 nitrogen and oxygen atoms in total. The third kappa shape index (κ3) is 3.76. The zero-order chi connectivity index (χ0) is 22.2. The van der Waals surface area contributed by atoms with Crippen molar-refractivity contribution in [2.24, 2.45) is 10.4 Å². The number of aliphatic imine (C=N–C) groups is 1. The van der Waals surface area contributed by atoms with Crippen molar-refractivity contribution in [3.8, 4) is 11.5 Å². The van der Waals surface area contributed by atoms with Gasteiger partial charge >= 0.3 is 0 Å². The Hall–Kier alpha value is -2.60. The molecule has 1 aromatic carbocycles. The molecule has 0 radical (unpaired) electrons. The lowest BCUT2D eigenvalue weighted by Gasteiger charge is -2.37. The monoisotopic (exact) mass is 425 g/mol. The van der Waals surface area contributed by atoms with Gasteiger partial charge in [0, 0.05) is 30.8 Å². The second kappa shape index (κ2) is 8.26. The number of amidine groups is 1. The van der Waals surface area contributed by atoms with Crippen LogP contribution in [-0.4, -0.2) is 45.5 Å². The maximum absolute atomic E-state index is 10.6. The highest BCUT2D eigenvalue weighted by Gasteiger charge is 2.39. The van der Waals surface area contributed by atoms with E-state index in [1.165, 1.54) is 6.07 Å². The molecule has 1 aliphatic heterocycles. The van der Waals surface area contributed by atoms with Crippen LogP contribution in [0.2, 0.25) is 0 Å². The molecule has 2 N–H and O–H groups in total. The first kappa shape index (κ1) is 22.1. The fourth-order valence-corrected chi connectivity index (χ4v) is 4.43. The zero-order valence-electron chi connectivity index (χ0n) is 18.3. The Morgan fingerprint density at radius 3 is 2.60 bits per heavy atom. The van der Waals surface area contributed by atoms with Crippen molar-refractivity contribution in [1.29, 1.82) is 0 Å². The van der Waals surface area contributed by atoms with E-state index in [4.69, 9.17) is 0 Å². The summed E-state index contributed by atoms with van der Waals surface area (Å²) in [5.74, 6) is 0.634. The first-order chi connectivity index (χ1) is 14.1. The number of aromatic hydroxyl groups is 2. The minimum atomic E-state index is -0.166. The summed E-state index contributed by atoms with van der Waals surface area (Å²) in [5, 5.41) is 21.3. The number of allylic oxidation sites excluding steroid dienone is 1. The van der Waals surface area contributed by atoms with E-state index in [1.54, 1.807) is 13.1 Å². The molecule has 30 heavy (non-hydrogen) atoms. The lowest BCUT2D eigenvalue weighted by Crippen LogP contribution is -2.39. The van der Waals surface area contributed by atoms with Crippen molar-refractivity contribution < 1.29 is 10.2 Å². The number of rotatable bonds is 5. The number of phenols is 2. The molecule has 1 aromatic rings. The van der Waals surface area contributed by atoms with Crippen LogP contribution in [0.3, 0.4) is 0 Å². The van der Waals surface area contributed by atoms with E-state index in [1.807, 2.05) is 18.7 Å². The summed E-state index contributed by atoms with van der Waals surface area (Å²) >= 11 is 4.54. The average Bonchev–Trinajstić information content (AvgIpc) is 3.01. The lowest BCUT2D eigenvalue weighted by molar-refractivity contribution is 0.273. The van der Waals surface area contributed by atoms with E-state index in [0.717, 1.165) is 17.8 Å². The van der Waals surface area contributed by atoms with Crippen molar-refractivity contribution in [3.05, 3.63) is 71.1 Å².